The Bertz CT molecular complexity index is 681. The topological polar surface area (TPSA) is 31.9 Å². The van der Waals surface area contributed by atoms with Crippen molar-refractivity contribution in [2.24, 2.45) is 5.92 Å². The van der Waals surface area contributed by atoms with Crippen molar-refractivity contribution in [3.63, 3.8) is 0 Å². The van der Waals surface area contributed by atoms with Crippen LogP contribution in [0.5, 0.6) is 0 Å². The first-order valence-electron chi connectivity index (χ1n) is 8.28. The predicted molar refractivity (Wildman–Crippen MR) is 87.4 cm³/mol. The second kappa shape index (κ2) is 6.59. The molecule has 6 heteroatoms. The summed E-state index contributed by atoms with van der Waals surface area (Å²) in [6, 6.07) is 5.12. The Labute approximate surface area is 139 Å². The molecule has 1 fully saturated rings. The van der Waals surface area contributed by atoms with E-state index in [9.17, 15) is 13.2 Å². The highest BCUT2D eigenvalue weighted by Gasteiger charge is 2.30. The maximum atomic E-state index is 12.6. The number of imidazole rings is 1. The SMILES string of the molecule is Cc1[nH]c(-c2ccc(C(F)(F)F)cc2)nc1CN1CCC(C)CC1. The van der Waals surface area contributed by atoms with Gasteiger partial charge in [-0.3, -0.25) is 4.90 Å². The average molecular weight is 337 g/mol. The van der Waals surface area contributed by atoms with Gasteiger partial charge in [0.15, 0.2) is 0 Å². The number of benzene rings is 1. The van der Waals surface area contributed by atoms with Gasteiger partial charge in [0.05, 0.1) is 11.3 Å². The minimum Gasteiger partial charge on any atom is -0.342 e. The first-order valence-corrected chi connectivity index (χ1v) is 8.28. The van der Waals surface area contributed by atoms with Crippen molar-refractivity contribution in [1.82, 2.24) is 14.9 Å². The molecular formula is C18H22F3N3. The van der Waals surface area contributed by atoms with Crippen LogP contribution in [0.2, 0.25) is 0 Å². The number of halogens is 3. The molecular weight excluding hydrogens is 315 g/mol. The monoisotopic (exact) mass is 337 g/mol. The number of hydrogen-bond donors (Lipinski definition) is 1. The van der Waals surface area contributed by atoms with Crippen LogP contribution in [-0.4, -0.2) is 28.0 Å². The van der Waals surface area contributed by atoms with E-state index in [1.165, 1.54) is 25.0 Å². The first-order chi connectivity index (χ1) is 11.3. The Morgan fingerprint density at radius 3 is 2.38 bits per heavy atom. The molecule has 0 spiro atoms. The van der Waals surface area contributed by atoms with Gasteiger partial charge in [-0.1, -0.05) is 19.1 Å². The molecule has 1 aromatic heterocycles. The van der Waals surface area contributed by atoms with E-state index in [4.69, 9.17) is 0 Å². The summed E-state index contributed by atoms with van der Waals surface area (Å²) >= 11 is 0. The van der Waals surface area contributed by atoms with Gasteiger partial charge >= 0.3 is 6.18 Å². The van der Waals surface area contributed by atoms with Gasteiger partial charge in [0.25, 0.3) is 0 Å². The van der Waals surface area contributed by atoms with E-state index < -0.39 is 11.7 Å². The fourth-order valence-electron chi connectivity index (χ4n) is 3.04. The predicted octanol–water partition coefficient (Wildman–Crippen LogP) is 4.64. The van der Waals surface area contributed by atoms with Crippen molar-refractivity contribution in [2.75, 3.05) is 13.1 Å². The molecule has 0 aliphatic carbocycles. The molecule has 0 atom stereocenters. The lowest BCUT2D eigenvalue weighted by molar-refractivity contribution is -0.137. The third-order valence-corrected chi connectivity index (χ3v) is 4.72. The number of likely N-dealkylation sites (tertiary alicyclic amines) is 1. The second-order valence-corrected chi connectivity index (χ2v) is 6.69. The summed E-state index contributed by atoms with van der Waals surface area (Å²) in [7, 11) is 0. The number of hydrogen-bond acceptors (Lipinski definition) is 2. The van der Waals surface area contributed by atoms with E-state index in [0.717, 1.165) is 49.1 Å². The van der Waals surface area contributed by atoms with Crippen molar-refractivity contribution in [2.45, 2.75) is 39.4 Å². The summed E-state index contributed by atoms with van der Waals surface area (Å²) < 4.78 is 37.9. The highest BCUT2D eigenvalue weighted by Crippen LogP contribution is 2.30. The number of nitrogens with one attached hydrogen (secondary N) is 1. The summed E-state index contributed by atoms with van der Waals surface area (Å²) in [6.07, 6.45) is -1.90. The molecule has 24 heavy (non-hydrogen) atoms. The zero-order valence-electron chi connectivity index (χ0n) is 14.0. The number of piperidine rings is 1. The van der Waals surface area contributed by atoms with Crippen LogP contribution >= 0.6 is 0 Å². The minimum atomic E-state index is -4.31. The van der Waals surface area contributed by atoms with E-state index in [-0.39, 0.29) is 0 Å². The van der Waals surface area contributed by atoms with Crippen molar-refractivity contribution in [3.8, 4) is 11.4 Å². The lowest BCUT2D eigenvalue weighted by atomic mass is 9.99. The minimum absolute atomic E-state index is 0.626. The highest BCUT2D eigenvalue weighted by molar-refractivity contribution is 5.56. The Kier molecular flexibility index (Phi) is 4.67. The van der Waals surface area contributed by atoms with Gasteiger partial charge in [0, 0.05) is 17.8 Å². The molecule has 1 aromatic carbocycles. The summed E-state index contributed by atoms with van der Waals surface area (Å²) in [5.74, 6) is 1.41. The van der Waals surface area contributed by atoms with Crippen LogP contribution in [0.15, 0.2) is 24.3 Å². The maximum Gasteiger partial charge on any atom is 0.416 e. The quantitative estimate of drug-likeness (QED) is 0.885. The fraction of sp³-hybridized carbons (Fsp3) is 0.500. The third kappa shape index (κ3) is 3.80. The fourth-order valence-corrected chi connectivity index (χ4v) is 3.04. The van der Waals surface area contributed by atoms with Crippen molar-refractivity contribution in [3.05, 3.63) is 41.2 Å². The zero-order chi connectivity index (χ0) is 17.3. The molecule has 2 heterocycles. The van der Waals surface area contributed by atoms with Crippen LogP contribution in [0.25, 0.3) is 11.4 Å². The molecule has 1 saturated heterocycles. The van der Waals surface area contributed by atoms with E-state index in [2.05, 4.69) is 21.8 Å². The molecule has 3 rings (SSSR count). The molecule has 130 valence electrons. The maximum absolute atomic E-state index is 12.6. The number of aryl methyl sites for hydroxylation is 1. The molecule has 0 saturated carbocycles. The van der Waals surface area contributed by atoms with Crippen molar-refractivity contribution < 1.29 is 13.2 Å². The molecule has 1 aliphatic heterocycles. The second-order valence-electron chi connectivity index (χ2n) is 6.69. The van der Waals surface area contributed by atoms with E-state index in [0.29, 0.717) is 11.4 Å². The normalized spacial score (nSPS) is 17.4. The Hall–Kier alpha value is -1.82. The van der Waals surface area contributed by atoms with Crippen molar-refractivity contribution >= 4 is 0 Å². The standard InChI is InChI=1S/C18H22F3N3/c1-12-7-9-24(10-8-12)11-16-13(2)22-17(23-16)14-3-5-15(6-4-14)18(19,20)21/h3-6,12H,7-11H2,1-2H3,(H,22,23). The number of aromatic amines is 1. The van der Waals surface area contributed by atoms with Gasteiger partial charge in [-0.05, 0) is 50.9 Å². The third-order valence-electron chi connectivity index (χ3n) is 4.72. The lowest BCUT2D eigenvalue weighted by Gasteiger charge is -2.29. The van der Waals surface area contributed by atoms with E-state index in [1.807, 2.05) is 6.92 Å². The average Bonchev–Trinajstić information content (AvgIpc) is 2.90. The number of aromatic nitrogens is 2. The molecule has 3 nitrogen and oxygen atoms in total. The zero-order valence-corrected chi connectivity index (χ0v) is 14.0. The molecule has 0 amide bonds. The molecule has 1 N–H and O–H groups in total. The highest BCUT2D eigenvalue weighted by atomic mass is 19.4. The summed E-state index contributed by atoms with van der Waals surface area (Å²) in [4.78, 5) is 10.2. The molecule has 0 unspecified atom stereocenters. The number of nitrogens with zero attached hydrogens (tertiary/aromatic N) is 2. The lowest BCUT2D eigenvalue weighted by Crippen LogP contribution is -2.32. The van der Waals surface area contributed by atoms with Gasteiger partial charge in [-0.15, -0.1) is 0 Å². The summed E-state index contributed by atoms with van der Waals surface area (Å²) in [5.41, 5.74) is 1.98. The summed E-state index contributed by atoms with van der Waals surface area (Å²) in [6.45, 7) is 7.17. The van der Waals surface area contributed by atoms with Crippen molar-refractivity contribution in [1.29, 1.82) is 0 Å². The Morgan fingerprint density at radius 1 is 1.17 bits per heavy atom. The number of alkyl halides is 3. The van der Waals surface area contributed by atoms with Gasteiger partial charge in [-0.25, -0.2) is 4.98 Å². The van der Waals surface area contributed by atoms with E-state index >= 15 is 0 Å². The number of rotatable bonds is 3. The van der Waals surface area contributed by atoms with Crippen LogP contribution in [0.4, 0.5) is 13.2 Å². The van der Waals surface area contributed by atoms with Crippen LogP contribution in [-0.2, 0) is 12.7 Å². The Morgan fingerprint density at radius 2 is 1.79 bits per heavy atom. The van der Waals surface area contributed by atoms with Gasteiger partial charge < -0.3 is 4.98 Å². The van der Waals surface area contributed by atoms with Crippen LogP contribution in [0.3, 0.4) is 0 Å². The molecule has 2 aromatic rings. The molecule has 0 bridgehead atoms. The van der Waals surface area contributed by atoms with Crippen LogP contribution < -0.4 is 0 Å². The van der Waals surface area contributed by atoms with E-state index in [1.54, 1.807) is 0 Å². The smallest absolute Gasteiger partial charge is 0.342 e. The first kappa shape index (κ1) is 17.0. The molecule has 0 radical (unpaired) electrons. The summed E-state index contributed by atoms with van der Waals surface area (Å²) in [5, 5.41) is 0. The molecule has 1 aliphatic rings. The number of H-pyrrole nitrogens is 1. The van der Waals surface area contributed by atoms with Crippen LogP contribution in [0.1, 0.15) is 36.7 Å². The Balaban J connectivity index is 1.74. The van der Waals surface area contributed by atoms with Gasteiger partial charge in [-0.2, -0.15) is 13.2 Å². The van der Waals surface area contributed by atoms with Crippen LogP contribution in [0, 0.1) is 12.8 Å². The van der Waals surface area contributed by atoms with Gasteiger partial charge in [0.2, 0.25) is 0 Å². The van der Waals surface area contributed by atoms with Gasteiger partial charge in [0.1, 0.15) is 5.82 Å². The largest absolute Gasteiger partial charge is 0.416 e.